The van der Waals surface area contributed by atoms with Gasteiger partial charge in [-0.3, -0.25) is 4.79 Å². The highest BCUT2D eigenvalue weighted by Crippen LogP contribution is 2.26. The molecule has 1 saturated heterocycles. The number of hydrogen-bond acceptors (Lipinski definition) is 3. The van der Waals surface area contributed by atoms with Crippen LogP contribution >= 0.6 is 0 Å². The van der Waals surface area contributed by atoms with Crippen LogP contribution in [0.4, 0.5) is 10.1 Å². The molecule has 0 saturated carbocycles. The highest BCUT2D eigenvalue weighted by molar-refractivity contribution is 5.81. The van der Waals surface area contributed by atoms with Gasteiger partial charge in [-0.05, 0) is 19.1 Å². The first-order chi connectivity index (χ1) is 8.20. The number of ether oxygens (including phenoxy) is 1. The van der Waals surface area contributed by atoms with Crippen molar-refractivity contribution < 1.29 is 13.9 Å². The van der Waals surface area contributed by atoms with Crippen molar-refractivity contribution in [1.82, 2.24) is 0 Å². The first kappa shape index (κ1) is 11.9. The third-order valence-corrected chi connectivity index (χ3v) is 2.89. The fourth-order valence-electron chi connectivity index (χ4n) is 2.00. The van der Waals surface area contributed by atoms with Crippen molar-refractivity contribution in [2.75, 3.05) is 24.6 Å². The maximum atomic E-state index is 13.8. The Morgan fingerprint density at radius 3 is 2.65 bits per heavy atom. The van der Waals surface area contributed by atoms with E-state index in [1.807, 2.05) is 11.8 Å². The Balaban J connectivity index is 2.13. The van der Waals surface area contributed by atoms with E-state index < -0.39 is 0 Å². The highest BCUT2D eigenvalue weighted by atomic mass is 19.1. The van der Waals surface area contributed by atoms with Gasteiger partial charge in [-0.1, -0.05) is 0 Å². The van der Waals surface area contributed by atoms with Gasteiger partial charge in [0.05, 0.1) is 12.3 Å². The largest absolute Gasteiger partial charge is 0.494 e. The topological polar surface area (TPSA) is 29.5 Å². The van der Waals surface area contributed by atoms with Crippen LogP contribution in [0, 0.1) is 5.82 Å². The number of nitrogens with zero attached hydrogens (tertiary/aromatic N) is 1. The number of benzene rings is 1. The second kappa shape index (κ2) is 5.17. The van der Waals surface area contributed by atoms with E-state index in [1.54, 1.807) is 12.1 Å². The fraction of sp³-hybridized carbons (Fsp3) is 0.462. The van der Waals surface area contributed by atoms with Crippen molar-refractivity contribution in [3.05, 3.63) is 24.0 Å². The minimum absolute atomic E-state index is 0.257. The average Bonchev–Trinajstić information content (AvgIpc) is 2.31. The Labute approximate surface area is 100 Å². The molecule has 1 aromatic carbocycles. The van der Waals surface area contributed by atoms with Gasteiger partial charge in [0.25, 0.3) is 0 Å². The van der Waals surface area contributed by atoms with Crippen LogP contribution in [0.3, 0.4) is 0 Å². The summed E-state index contributed by atoms with van der Waals surface area (Å²) < 4.78 is 19.1. The van der Waals surface area contributed by atoms with E-state index in [1.165, 1.54) is 6.07 Å². The summed E-state index contributed by atoms with van der Waals surface area (Å²) in [5.74, 6) is 0.514. The molecule has 3 nitrogen and oxygen atoms in total. The van der Waals surface area contributed by atoms with Gasteiger partial charge in [0.2, 0.25) is 0 Å². The second-order valence-electron chi connectivity index (χ2n) is 4.07. The molecule has 0 spiro atoms. The standard InChI is InChI=1S/C13H16FNO2/c1-2-17-11-3-4-13(12(14)9-11)15-7-5-10(16)6-8-15/h3-4,9H,2,5-8H2,1H3. The monoisotopic (exact) mass is 237 g/mol. The van der Waals surface area contributed by atoms with E-state index in [4.69, 9.17) is 4.74 Å². The molecule has 0 aromatic heterocycles. The predicted octanol–water partition coefficient (Wildman–Crippen LogP) is 2.39. The van der Waals surface area contributed by atoms with Gasteiger partial charge in [0.1, 0.15) is 17.3 Å². The zero-order valence-corrected chi connectivity index (χ0v) is 9.91. The smallest absolute Gasteiger partial charge is 0.150 e. The van der Waals surface area contributed by atoms with E-state index >= 15 is 0 Å². The minimum Gasteiger partial charge on any atom is -0.494 e. The van der Waals surface area contributed by atoms with Crippen LogP contribution in [0.15, 0.2) is 18.2 Å². The van der Waals surface area contributed by atoms with Gasteiger partial charge in [0.15, 0.2) is 0 Å². The molecule has 1 fully saturated rings. The lowest BCUT2D eigenvalue weighted by Crippen LogP contribution is -2.34. The first-order valence-electron chi connectivity index (χ1n) is 5.89. The molecule has 1 heterocycles. The molecule has 0 N–H and O–H groups in total. The molecule has 0 amide bonds. The number of carbonyl (C=O) groups is 1. The van der Waals surface area contributed by atoms with Crippen LogP contribution in [0.25, 0.3) is 0 Å². The predicted molar refractivity (Wildman–Crippen MR) is 64.0 cm³/mol. The Morgan fingerprint density at radius 2 is 2.06 bits per heavy atom. The quantitative estimate of drug-likeness (QED) is 0.808. The van der Waals surface area contributed by atoms with Crippen molar-refractivity contribution in [2.45, 2.75) is 19.8 Å². The molecule has 4 heteroatoms. The maximum Gasteiger partial charge on any atom is 0.150 e. The van der Waals surface area contributed by atoms with E-state index in [0.29, 0.717) is 44.0 Å². The summed E-state index contributed by atoms with van der Waals surface area (Å²) in [5, 5.41) is 0. The molecule has 1 aromatic rings. The molecule has 0 unspecified atom stereocenters. The summed E-state index contributed by atoms with van der Waals surface area (Å²) in [4.78, 5) is 13.0. The number of halogens is 1. The van der Waals surface area contributed by atoms with Crippen LogP contribution in [0.5, 0.6) is 5.75 Å². The Bertz CT molecular complexity index is 410. The number of hydrogen-bond donors (Lipinski definition) is 0. The van der Waals surface area contributed by atoms with E-state index in [0.717, 1.165) is 0 Å². The van der Waals surface area contributed by atoms with Crippen molar-refractivity contribution in [3.8, 4) is 5.75 Å². The molecule has 2 rings (SSSR count). The van der Waals surface area contributed by atoms with E-state index in [-0.39, 0.29) is 11.6 Å². The first-order valence-corrected chi connectivity index (χ1v) is 5.89. The third-order valence-electron chi connectivity index (χ3n) is 2.89. The van der Waals surface area contributed by atoms with Gasteiger partial charge in [0, 0.05) is 32.0 Å². The molecule has 0 radical (unpaired) electrons. The summed E-state index contributed by atoms with van der Waals surface area (Å²) >= 11 is 0. The molecule has 0 aliphatic carbocycles. The van der Waals surface area contributed by atoms with Crippen LogP contribution in [0.2, 0.25) is 0 Å². The van der Waals surface area contributed by atoms with Crippen LogP contribution in [-0.4, -0.2) is 25.5 Å². The third kappa shape index (κ3) is 2.75. The Morgan fingerprint density at radius 1 is 1.35 bits per heavy atom. The number of ketones is 1. The Hall–Kier alpha value is -1.58. The van der Waals surface area contributed by atoms with E-state index in [2.05, 4.69) is 0 Å². The molecule has 92 valence electrons. The molecular weight excluding hydrogens is 221 g/mol. The average molecular weight is 237 g/mol. The highest BCUT2D eigenvalue weighted by Gasteiger charge is 2.19. The molecule has 17 heavy (non-hydrogen) atoms. The molecule has 1 aliphatic heterocycles. The number of piperidine rings is 1. The molecule has 0 bridgehead atoms. The van der Waals surface area contributed by atoms with Crippen molar-refractivity contribution in [2.24, 2.45) is 0 Å². The van der Waals surface area contributed by atoms with Crippen LogP contribution in [0.1, 0.15) is 19.8 Å². The van der Waals surface area contributed by atoms with Crippen LogP contribution in [-0.2, 0) is 4.79 Å². The second-order valence-corrected chi connectivity index (χ2v) is 4.07. The lowest BCUT2D eigenvalue weighted by atomic mass is 10.1. The summed E-state index contributed by atoms with van der Waals surface area (Å²) in [5.41, 5.74) is 0.556. The summed E-state index contributed by atoms with van der Waals surface area (Å²) in [6.45, 7) is 3.59. The van der Waals surface area contributed by atoms with Gasteiger partial charge >= 0.3 is 0 Å². The lowest BCUT2D eigenvalue weighted by molar-refractivity contribution is -0.119. The van der Waals surface area contributed by atoms with Crippen molar-refractivity contribution in [1.29, 1.82) is 0 Å². The number of anilines is 1. The summed E-state index contributed by atoms with van der Waals surface area (Å²) in [7, 11) is 0. The minimum atomic E-state index is -0.287. The van der Waals surface area contributed by atoms with Crippen molar-refractivity contribution in [3.63, 3.8) is 0 Å². The molecule has 1 aliphatic rings. The number of rotatable bonds is 3. The summed E-state index contributed by atoms with van der Waals surface area (Å²) in [6.07, 6.45) is 1.01. The van der Waals surface area contributed by atoms with Gasteiger partial charge < -0.3 is 9.64 Å². The molecule has 0 atom stereocenters. The van der Waals surface area contributed by atoms with Crippen LogP contribution < -0.4 is 9.64 Å². The van der Waals surface area contributed by atoms with E-state index in [9.17, 15) is 9.18 Å². The maximum absolute atomic E-state index is 13.8. The zero-order chi connectivity index (χ0) is 12.3. The lowest BCUT2D eigenvalue weighted by Gasteiger charge is -2.28. The van der Waals surface area contributed by atoms with Gasteiger partial charge in [-0.2, -0.15) is 0 Å². The fourth-order valence-corrected chi connectivity index (χ4v) is 2.00. The number of Topliss-reactive ketones (excluding diaryl/α,β-unsaturated/α-hetero) is 1. The molecular formula is C13H16FNO2. The van der Waals surface area contributed by atoms with Crippen molar-refractivity contribution >= 4 is 11.5 Å². The van der Waals surface area contributed by atoms with Gasteiger partial charge in [-0.15, -0.1) is 0 Å². The summed E-state index contributed by atoms with van der Waals surface area (Å²) in [6, 6.07) is 4.88. The SMILES string of the molecule is CCOc1ccc(N2CCC(=O)CC2)c(F)c1. The normalized spacial score (nSPS) is 16.1. The number of carbonyl (C=O) groups excluding carboxylic acids is 1. The van der Waals surface area contributed by atoms with Gasteiger partial charge in [-0.25, -0.2) is 4.39 Å². The zero-order valence-electron chi connectivity index (χ0n) is 9.91. The Kier molecular flexibility index (Phi) is 3.61.